The van der Waals surface area contributed by atoms with E-state index < -0.39 is 24.4 Å². The van der Waals surface area contributed by atoms with E-state index >= 15 is 0 Å². The second-order valence-electron chi connectivity index (χ2n) is 2.74. The van der Waals surface area contributed by atoms with Crippen molar-refractivity contribution in [1.82, 2.24) is 0 Å². The van der Waals surface area contributed by atoms with Crippen molar-refractivity contribution in [3.05, 3.63) is 0 Å². The van der Waals surface area contributed by atoms with E-state index in [1.807, 2.05) is 6.07 Å². The van der Waals surface area contributed by atoms with Gasteiger partial charge in [-0.1, -0.05) is 0 Å². The average molecular weight is 173 g/mol. The molecule has 0 spiro atoms. The minimum atomic E-state index is -1.09. The van der Waals surface area contributed by atoms with Gasteiger partial charge < -0.3 is 20.1 Å². The van der Waals surface area contributed by atoms with Gasteiger partial charge in [-0.05, 0) is 0 Å². The van der Waals surface area contributed by atoms with Gasteiger partial charge in [0.15, 0.2) is 0 Å². The van der Waals surface area contributed by atoms with Crippen molar-refractivity contribution in [2.45, 2.75) is 30.8 Å². The van der Waals surface area contributed by atoms with Crippen molar-refractivity contribution in [2.24, 2.45) is 0 Å². The highest BCUT2D eigenvalue weighted by atomic mass is 16.6. The Balaban J connectivity index is 2.55. The Kier molecular flexibility index (Phi) is 3.00. The van der Waals surface area contributed by atoms with Gasteiger partial charge in [0.25, 0.3) is 0 Å². The molecular formula is C7H11NO4. The van der Waals surface area contributed by atoms with Crippen LogP contribution in [0.15, 0.2) is 0 Å². The van der Waals surface area contributed by atoms with Crippen LogP contribution >= 0.6 is 0 Å². The van der Waals surface area contributed by atoms with Crippen LogP contribution in [0.25, 0.3) is 0 Å². The maximum absolute atomic E-state index is 9.25. The van der Waals surface area contributed by atoms with Crippen molar-refractivity contribution in [1.29, 1.82) is 5.26 Å². The van der Waals surface area contributed by atoms with Gasteiger partial charge in [-0.3, -0.25) is 0 Å². The summed E-state index contributed by atoms with van der Waals surface area (Å²) < 4.78 is 5.00. The molecular weight excluding hydrogens is 162 g/mol. The zero-order valence-corrected chi connectivity index (χ0v) is 6.42. The van der Waals surface area contributed by atoms with Crippen molar-refractivity contribution < 1.29 is 20.1 Å². The van der Waals surface area contributed by atoms with Crippen LogP contribution in [0.4, 0.5) is 0 Å². The van der Waals surface area contributed by atoms with Crippen LogP contribution in [0.1, 0.15) is 6.42 Å². The third kappa shape index (κ3) is 1.57. The summed E-state index contributed by atoms with van der Waals surface area (Å²) in [7, 11) is 0. The first-order valence-corrected chi connectivity index (χ1v) is 3.70. The van der Waals surface area contributed by atoms with Crippen LogP contribution < -0.4 is 0 Å². The summed E-state index contributed by atoms with van der Waals surface area (Å²) in [6.07, 6.45) is -3.58. The third-order valence-corrected chi connectivity index (χ3v) is 1.93. The summed E-state index contributed by atoms with van der Waals surface area (Å²) in [4.78, 5) is 0. The molecule has 68 valence electrons. The maximum Gasteiger partial charge on any atom is 0.111 e. The summed E-state index contributed by atoms with van der Waals surface area (Å²) in [6, 6.07) is 1.83. The quantitative estimate of drug-likeness (QED) is 0.466. The first-order chi connectivity index (χ1) is 5.70. The van der Waals surface area contributed by atoms with Crippen molar-refractivity contribution in [2.75, 3.05) is 6.61 Å². The summed E-state index contributed by atoms with van der Waals surface area (Å²) in [5.41, 5.74) is 0. The Hall–Kier alpha value is -0.670. The van der Waals surface area contributed by atoms with Crippen LogP contribution in [-0.4, -0.2) is 46.3 Å². The lowest BCUT2D eigenvalue weighted by Crippen LogP contribution is -2.33. The molecule has 0 aromatic carbocycles. The Morgan fingerprint density at radius 1 is 1.25 bits per heavy atom. The molecule has 3 N–H and O–H groups in total. The molecule has 0 unspecified atom stereocenters. The normalized spacial score (nSPS) is 41.2. The molecule has 1 heterocycles. The average Bonchev–Trinajstić information content (AvgIpc) is 2.33. The predicted octanol–water partition coefficient (Wildman–Crippen LogP) is -1.62. The summed E-state index contributed by atoms with van der Waals surface area (Å²) in [6.45, 7) is -0.347. The second-order valence-corrected chi connectivity index (χ2v) is 2.74. The van der Waals surface area contributed by atoms with E-state index in [0.29, 0.717) is 0 Å². The fraction of sp³-hybridized carbons (Fsp3) is 0.857. The lowest BCUT2D eigenvalue weighted by Gasteiger charge is -2.10. The lowest BCUT2D eigenvalue weighted by molar-refractivity contribution is -0.0204. The number of rotatable bonds is 2. The Morgan fingerprint density at radius 2 is 1.83 bits per heavy atom. The SMILES string of the molecule is N#CC[C@H]1O[C@H](CO)[C@@H](O)[C@H]1O. The van der Waals surface area contributed by atoms with E-state index in [-0.39, 0.29) is 13.0 Å². The number of hydrogen-bond acceptors (Lipinski definition) is 5. The van der Waals surface area contributed by atoms with Crippen molar-refractivity contribution in [3.8, 4) is 6.07 Å². The molecule has 5 heteroatoms. The third-order valence-electron chi connectivity index (χ3n) is 1.93. The van der Waals surface area contributed by atoms with Crippen LogP contribution in [-0.2, 0) is 4.74 Å². The lowest BCUT2D eigenvalue weighted by atomic mass is 10.1. The van der Waals surface area contributed by atoms with E-state index in [4.69, 9.17) is 15.1 Å². The molecule has 1 aliphatic heterocycles. The van der Waals surface area contributed by atoms with E-state index in [0.717, 1.165) is 0 Å². The Labute approximate surface area is 69.8 Å². The molecule has 0 amide bonds. The van der Waals surface area contributed by atoms with E-state index in [1.165, 1.54) is 0 Å². The zero-order valence-electron chi connectivity index (χ0n) is 6.42. The highest BCUT2D eigenvalue weighted by Crippen LogP contribution is 2.22. The summed E-state index contributed by atoms with van der Waals surface area (Å²) in [5, 5.41) is 35.4. The van der Waals surface area contributed by atoms with Crippen LogP contribution in [0.5, 0.6) is 0 Å². The summed E-state index contributed by atoms with van der Waals surface area (Å²) in [5.74, 6) is 0. The van der Waals surface area contributed by atoms with E-state index in [2.05, 4.69) is 0 Å². The maximum atomic E-state index is 9.25. The van der Waals surface area contributed by atoms with Gasteiger partial charge in [0.05, 0.1) is 25.2 Å². The molecule has 1 fully saturated rings. The van der Waals surface area contributed by atoms with Gasteiger partial charge in [-0.2, -0.15) is 5.26 Å². The topological polar surface area (TPSA) is 93.7 Å². The molecule has 12 heavy (non-hydrogen) atoms. The molecule has 0 bridgehead atoms. The molecule has 0 aromatic heterocycles. The van der Waals surface area contributed by atoms with Crippen molar-refractivity contribution in [3.63, 3.8) is 0 Å². The molecule has 0 aromatic rings. The number of aliphatic hydroxyl groups is 3. The molecule has 1 saturated heterocycles. The number of hydrogen-bond donors (Lipinski definition) is 3. The first kappa shape index (κ1) is 9.42. The Morgan fingerprint density at radius 3 is 2.25 bits per heavy atom. The molecule has 4 atom stereocenters. The zero-order chi connectivity index (χ0) is 9.14. The van der Waals surface area contributed by atoms with Crippen molar-refractivity contribution >= 4 is 0 Å². The largest absolute Gasteiger partial charge is 0.394 e. The number of ether oxygens (including phenoxy) is 1. The fourth-order valence-electron chi connectivity index (χ4n) is 1.24. The molecule has 0 saturated carbocycles. The second kappa shape index (κ2) is 3.83. The number of aliphatic hydroxyl groups excluding tert-OH is 3. The highest BCUT2D eigenvalue weighted by Gasteiger charge is 2.41. The molecule has 0 aliphatic carbocycles. The minimum absolute atomic E-state index is 0.0225. The van der Waals surface area contributed by atoms with E-state index in [1.54, 1.807) is 0 Å². The summed E-state index contributed by atoms with van der Waals surface area (Å²) >= 11 is 0. The van der Waals surface area contributed by atoms with Gasteiger partial charge in [0.2, 0.25) is 0 Å². The van der Waals surface area contributed by atoms with Crippen LogP contribution in [0.3, 0.4) is 0 Å². The van der Waals surface area contributed by atoms with Gasteiger partial charge >= 0.3 is 0 Å². The standard InChI is InChI=1S/C7H11NO4/c8-2-1-4-6(10)7(11)5(3-9)12-4/h4-7,9-11H,1,3H2/t4-,5-,6+,7-/m1/s1. The highest BCUT2D eigenvalue weighted by molar-refractivity contribution is 4.94. The van der Waals surface area contributed by atoms with Crippen LogP contribution in [0, 0.1) is 11.3 Å². The predicted molar refractivity (Wildman–Crippen MR) is 38.0 cm³/mol. The fourth-order valence-corrected chi connectivity index (χ4v) is 1.24. The van der Waals surface area contributed by atoms with Gasteiger partial charge in [0.1, 0.15) is 18.3 Å². The van der Waals surface area contributed by atoms with Gasteiger partial charge in [-0.15, -0.1) is 0 Å². The molecule has 5 nitrogen and oxygen atoms in total. The smallest absolute Gasteiger partial charge is 0.111 e. The van der Waals surface area contributed by atoms with E-state index in [9.17, 15) is 10.2 Å². The molecule has 0 radical (unpaired) electrons. The van der Waals surface area contributed by atoms with Gasteiger partial charge in [-0.25, -0.2) is 0 Å². The van der Waals surface area contributed by atoms with Crippen LogP contribution in [0.2, 0.25) is 0 Å². The monoisotopic (exact) mass is 173 g/mol. The number of nitrogens with zero attached hydrogens (tertiary/aromatic N) is 1. The molecule has 1 aliphatic rings. The van der Waals surface area contributed by atoms with Gasteiger partial charge in [0, 0.05) is 0 Å². The first-order valence-electron chi connectivity index (χ1n) is 3.70. The number of nitriles is 1. The molecule has 1 rings (SSSR count). The Bertz CT molecular complexity index is 190. The minimum Gasteiger partial charge on any atom is -0.394 e.